The van der Waals surface area contributed by atoms with Crippen LogP contribution < -0.4 is 0 Å². The Hall–Kier alpha value is -2.61. The van der Waals surface area contributed by atoms with E-state index in [9.17, 15) is 9.90 Å². The molecule has 0 spiro atoms. The van der Waals surface area contributed by atoms with Crippen LogP contribution in [0.25, 0.3) is 0 Å². The molecule has 0 aromatic heterocycles. The topological polar surface area (TPSA) is 118 Å². The first kappa shape index (κ1) is 21.7. The van der Waals surface area contributed by atoms with E-state index in [4.69, 9.17) is 19.8 Å². The molecule has 1 aromatic carbocycles. The van der Waals surface area contributed by atoms with Gasteiger partial charge >= 0.3 is 11.9 Å². The van der Waals surface area contributed by atoms with Gasteiger partial charge in [-0.2, -0.15) is 0 Å². The highest BCUT2D eigenvalue weighted by molar-refractivity contribution is 6.27. The van der Waals surface area contributed by atoms with E-state index >= 15 is 0 Å². The van der Waals surface area contributed by atoms with Gasteiger partial charge in [-0.05, 0) is 51.3 Å². The van der Waals surface area contributed by atoms with Gasteiger partial charge in [0.1, 0.15) is 5.75 Å². The number of carboxylic acids is 2. The summed E-state index contributed by atoms with van der Waals surface area (Å²) < 4.78 is 0. The third-order valence-corrected chi connectivity index (χ3v) is 5.17. The molecule has 1 aromatic rings. The van der Waals surface area contributed by atoms with Gasteiger partial charge in [0.15, 0.2) is 0 Å². The predicted octanol–water partition coefficient (Wildman–Crippen LogP) is 1.77. The number of carbonyl (C=O) groups excluding carboxylic acids is 1. The summed E-state index contributed by atoms with van der Waals surface area (Å²) in [7, 11) is 0. The molecule has 2 aliphatic rings. The number of aliphatic carboxylic acids is 2. The lowest BCUT2D eigenvalue weighted by molar-refractivity contribution is -0.159. The van der Waals surface area contributed by atoms with Crippen molar-refractivity contribution >= 4 is 17.8 Å². The van der Waals surface area contributed by atoms with Gasteiger partial charge in [0, 0.05) is 31.1 Å². The van der Waals surface area contributed by atoms with Crippen LogP contribution >= 0.6 is 0 Å². The van der Waals surface area contributed by atoms with Crippen molar-refractivity contribution in [3.8, 4) is 5.75 Å². The Morgan fingerprint density at radius 3 is 2.00 bits per heavy atom. The molecule has 2 saturated heterocycles. The summed E-state index contributed by atoms with van der Waals surface area (Å²) in [6.45, 7) is 4.57. The summed E-state index contributed by atoms with van der Waals surface area (Å²) in [6, 6.07) is 7.52. The SMILES string of the molecule is O=C(C1CCN(Cc2ccccc2O)CC1)N1CCCCC1.O=C(O)C(=O)O. The van der Waals surface area contributed by atoms with Crippen molar-refractivity contribution in [1.29, 1.82) is 0 Å². The molecular weight excluding hydrogens is 364 g/mol. The van der Waals surface area contributed by atoms with E-state index in [0.29, 0.717) is 11.7 Å². The highest BCUT2D eigenvalue weighted by Crippen LogP contribution is 2.25. The number of hydrogen-bond donors (Lipinski definition) is 3. The lowest BCUT2D eigenvalue weighted by Gasteiger charge is -2.35. The molecule has 0 radical (unpaired) electrons. The second kappa shape index (κ2) is 10.7. The van der Waals surface area contributed by atoms with Crippen LogP contribution in [-0.2, 0) is 20.9 Å². The normalized spacial score (nSPS) is 18.1. The smallest absolute Gasteiger partial charge is 0.414 e. The maximum absolute atomic E-state index is 12.5. The van der Waals surface area contributed by atoms with Gasteiger partial charge in [-0.1, -0.05) is 18.2 Å². The van der Waals surface area contributed by atoms with Crippen LogP contribution in [0.3, 0.4) is 0 Å². The third kappa shape index (κ3) is 6.53. The van der Waals surface area contributed by atoms with Crippen LogP contribution in [0.15, 0.2) is 24.3 Å². The van der Waals surface area contributed by atoms with Crippen molar-refractivity contribution in [3.05, 3.63) is 29.8 Å². The highest BCUT2D eigenvalue weighted by Gasteiger charge is 2.29. The van der Waals surface area contributed by atoms with E-state index in [1.54, 1.807) is 6.07 Å². The number of para-hydroxylation sites is 1. The van der Waals surface area contributed by atoms with Crippen LogP contribution in [0.2, 0.25) is 0 Å². The van der Waals surface area contributed by atoms with Crippen LogP contribution in [0.1, 0.15) is 37.7 Å². The molecule has 3 N–H and O–H groups in total. The Morgan fingerprint density at radius 1 is 0.893 bits per heavy atom. The fourth-order valence-corrected chi connectivity index (χ4v) is 3.60. The maximum atomic E-state index is 12.5. The van der Waals surface area contributed by atoms with Gasteiger partial charge in [-0.15, -0.1) is 0 Å². The molecule has 1 amide bonds. The molecule has 3 rings (SSSR count). The van der Waals surface area contributed by atoms with E-state index in [1.165, 1.54) is 6.42 Å². The lowest BCUT2D eigenvalue weighted by atomic mass is 9.94. The first-order chi connectivity index (χ1) is 13.4. The second-order valence-electron chi connectivity index (χ2n) is 7.18. The fourth-order valence-electron chi connectivity index (χ4n) is 3.60. The Kier molecular flexibility index (Phi) is 8.25. The lowest BCUT2D eigenvalue weighted by Crippen LogP contribution is -2.44. The molecule has 0 atom stereocenters. The molecule has 154 valence electrons. The minimum absolute atomic E-state index is 0.207. The summed E-state index contributed by atoms with van der Waals surface area (Å²) in [5.41, 5.74) is 0.975. The molecular formula is C20H28N2O6. The highest BCUT2D eigenvalue weighted by atomic mass is 16.4. The minimum atomic E-state index is -1.82. The number of carbonyl (C=O) groups is 3. The Balaban J connectivity index is 0.000000409. The summed E-state index contributed by atoms with van der Waals surface area (Å²) >= 11 is 0. The van der Waals surface area contributed by atoms with E-state index in [1.807, 2.05) is 18.2 Å². The maximum Gasteiger partial charge on any atom is 0.414 e. The molecule has 0 bridgehead atoms. The number of likely N-dealkylation sites (tertiary alicyclic amines) is 2. The first-order valence-corrected chi connectivity index (χ1v) is 9.62. The molecule has 0 aliphatic carbocycles. The number of aromatic hydroxyl groups is 1. The number of phenolic OH excluding ortho intramolecular Hbond substituents is 1. The molecule has 0 unspecified atom stereocenters. The molecule has 2 fully saturated rings. The van der Waals surface area contributed by atoms with Crippen molar-refractivity contribution in [2.45, 2.75) is 38.6 Å². The number of piperidine rings is 2. The molecule has 28 heavy (non-hydrogen) atoms. The number of rotatable bonds is 3. The van der Waals surface area contributed by atoms with E-state index < -0.39 is 11.9 Å². The van der Waals surface area contributed by atoms with Gasteiger partial charge in [-0.25, -0.2) is 9.59 Å². The van der Waals surface area contributed by atoms with Crippen molar-refractivity contribution < 1.29 is 29.7 Å². The van der Waals surface area contributed by atoms with E-state index in [0.717, 1.165) is 64.0 Å². The second-order valence-corrected chi connectivity index (χ2v) is 7.18. The minimum Gasteiger partial charge on any atom is -0.508 e. The van der Waals surface area contributed by atoms with E-state index in [-0.39, 0.29) is 5.92 Å². The zero-order valence-electron chi connectivity index (χ0n) is 15.9. The Morgan fingerprint density at radius 2 is 1.46 bits per heavy atom. The number of amides is 1. The fraction of sp³-hybridized carbons (Fsp3) is 0.550. The third-order valence-electron chi connectivity index (χ3n) is 5.17. The molecule has 2 aliphatic heterocycles. The average molecular weight is 392 g/mol. The van der Waals surface area contributed by atoms with E-state index in [2.05, 4.69) is 9.80 Å². The van der Waals surface area contributed by atoms with Gasteiger partial charge in [0.2, 0.25) is 5.91 Å². The van der Waals surface area contributed by atoms with Crippen LogP contribution in [0.4, 0.5) is 0 Å². The summed E-state index contributed by atoms with van der Waals surface area (Å²) in [5, 5.41) is 24.6. The van der Waals surface area contributed by atoms with Crippen LogP contribution in [-0.4, -0.2) is 69.1 Å². The predicted molar refractivity (Wildman–Crippen MR) is 102 cm³/mol. The van der Waals surface area contributed by atoms with Crippen molar-refractivity contribution in [2.75, 3.05) is 26.2 Å². The number of nitrogens with zero attached hydrogens (tertiary/aromatic N) is 2. The van der Waals surface area contributed by atoms with Gasteiger partial charge in [0.05, 0.1) is 0 Å². The summed E-state index contributed by atoms with van der Waals surface area (Å²) in [6.07, 6.45) is 5.49. The molecule has 8 heteroatoms. The zero-order chi connectivity index (χ0) is 20.5. The Bertz CT molecular complexity index is 667. The molecule has 0 saturated carbocycles. The van der Waals surface area contributed by atoms with Gasteiger partial charge in [0.25, 0.3) is 0 Å². The number of benzene rings is 1. The monoisotopic (exact) mass is 392 g/mol. The zero-order valence-corrected chi connectivity index (χ0v) is 15.9. The summed E-state index contributed by atoms with van der Waals surface area (Å²) in [5.74, 6) is -2.69. The quantitative estimate of drug-likeness (QED) is 0.671. The Labute approximate surface area is 164 Å². The average Bonchev–Trinajstić information content (AvgIpc) is 2.71. The van der Waals surface area contributed by atoms with Gasteiger partial charge < -0.3 is 20.2 Å². The number of phenols is 1. The van der Waals surface area contributed by atoms with Crippen molar-refractivity contribution in [2.24, 2.45) is 5.92 Å². The summed E-state index contributed by atoms with van der Waals surface area (Å²) in [4.78, 5) is 35.2. The van der Waals surface area contributed by atoms with Gasteiger partial charge in [-0.3, -0.25) is 9.69 Å². The van der Waals surface area contributed by atoms with Crippen LogP contribution in [0.5, 0.6) is 5.75 Å². The first-order valence-electron chi connectivity index (χ1n) is 9.62. The standard InChI is InChI=1S/C18H26N2O2.C2H2O4/c21-17-7-3-2-6-16(17)14-19-12-8-15(9-13-19)18(22)20-10-4-1-5-11-20;3-1(4)2(5)6/h2-3,6-7,15,21H,1,4-5,8-14H2;(H,3,4)(H,5,6). The van der Waals surface area contributed by atoms with Crippen molar-refractivity contribution in [1.82, 2.24) is 9.80 Å². The molecule has 8 nitrogen and oxygen atoms in total. The van der Waals surface area contributed by atoms with Crippen LogP contribution in [0, 0.1) is 5.92 Å². The largest absolute Gasteiger partial charge is 0.508 e. The molecule has 2 heterocycles. The number of carboxylic acid groups (broad SMARTS) is 2. The number of hydrogen-bond acceptors (Lipinski definition) is 5. The van der Waals surface area contributed by atoms with Crippen molar-refractivity contribution in [3.63, 3.8) is 0 Å².